The summed E-state index contributed by atoms with van der Waals surface area (Å²) in [6.07, 6.45) is -0.563. The van der Waals surface area contributed by atoms with Crippen LogP contribution in [0.4, 0.5) is 0 Å². The zero-order chi connectivity index (χ0) is 28.4. The molecule has 2 aromatic rings. The molecule has 10 nitrogen and oxygen atoms in total. The van der Waals surface area contributed by atoms with Crippen LogP contribution < -0.4 is 4.74 Å². The van der Waals surface area contributed by atoms with Crippen LogP contribution >= 0.6 is 0 Å². The fraction of sp³-hybridized carbons (Fsp3) is 0.433. The summed E-state index contributed by atoms with van der Waals surface area (Å²) in [5, 5.41) is 23.0. The average molecular weight is 550 g/mol. The summed E-state index contributed by atoms with van der Waals surface area (Å²) in [6, 6.07) is 11.7. The number of aromatic hydroxyl groups is 1. The zero-order valence-corrected chi connectivity index (χ0v) is 22.5. The van der Waals surface area contributed by atoms with Crippen molar-refractivity contribution >= 4 is 17.9 Å². The van der Waals surface area contributed by atoms with Gasteiger partial charge in [0.25, 0.3) is 0 Å². The molecule has 1 spiro atoms. The Morgan fingerprint density at radius 1 is 1.10 bits per heavy atom. The van der Waals surface area contributed by atoms with Crippen LogP contribution in [0.5, 0.6) is 11.5 Å². The molecular formula is C30H31NO9. The predicted octanol–water partition coefficient (Wildman–Crippen LogP) is 2.45. The minimum atomic E-state index is -1.45. The van der Waals surface area contributed by atoms with Crippen LogP contribution in [-0.4, -0.2) is 70.5 Å². The number of phenolic OH excluding ortho intramolecular Hbond substituents is 1. The molecular weight excluding hydrogens is 518 g/mol. The highest BCUT2D eigenvalue weighted by molar-refractivity contribution is 5.84. The van der Waals surface area contributed by atoms with Crippen molar-refractivity contribution in [3.63, 3.8) is 0 Å². The van der Waals surface area contributed by atoms with Gasteiger partial charge in [0.15, 0.2) is 23.7 Å². The number of likely N-dealkylation sites (N-methyl/N-ethyl adjacent to an activating group) is 1. The van der Waals surface area contributed by atoms with E-state index in [0.717, 1.165) is 11.1 Å². The van der Waals surface area contributed by atoms with Gasteiger partial charge in [-0.3, -0.25) is 4.79 Å². The van der Waals surface area contributed by atoms with E-state index in [-0.39, 0.29) is 24.0 Å². The molecule has 1 saturated heterocycles. The van der Waals surface area contributed by atoms with E-state index in [4.69, 9.17) is 18.9 Å². The number of likely N-dealkylation sites (tertiary alicyclic amines) is 1. The molecule has 0 amide bonds. The Balaban J connectivity index is 1.35. The normalized spacial score (nSPS) is 29.2. The van der Waals surface area contributed by atoms with Gasteiger partial charge in [-0.05, 0) is 51.1 Å². The van der Waals surface area contributed by atoms with Crippen molar-refractivity contribution < 1.29 is 43.5 Å². The molecule has 4 aliphatic rings. The van der Waals surface area contributed by atoms with Gasteiger partial charge < -0.3 is 34.1 Å². The third-order valence-corrected chi connectivity index (χ3v) is 8.80. The Morgan fingerprint density at radius 2 is 1.85 bits per heavy atom. The molecule has 2 aromatic carbocycles. The summed E-state index contributed by atoms with van der Waals surface area (Å²) in [4.78, 5) is 39.9. The number of piperidine rings is 1. The van der Waals surface area contributed by atoms with Crippen LogP contribution in [0.25, 0.3) is 0 Å². The van der Waals surface area contributed by atoms with E-state index in [0.29, 0.717) is 30.7 Å². The molecule has 2 N–H and O–H groups in total. The van der Waals surface area contributed by atoms with E-state index >= 15 is 0 Å². The van der Waals surface area contributed by atoms with Gasteiger partial charge in [0.2, 0.25) is 6.10 Å². The van der Waals surface area contributed by atoms with Gasteiger partial charge in [-0.15, -0.1) is 0 Å². The van der Waals surface area contributed by atoms with Gasteiger partial charge in [-0.2, -0.15) is 0 Å². The fourth-order valence-corrected chi connectivity index (χ4v) is 7.00. The Kier molecular flexibility index (Phi) is 6.15. The van der Waals surface area contributed by atoms with Crippen molar-refractivity contribution in [2.45, 2.75) is 68.5 Å². The van der Waals surface area contributed by atoms with Gasteiger partial charge in [-0.1, -0.05) is 36.4 Å². The first kappa shape index (κ1) is 26.3. The molecule has 0 saturated carbocycles. The molecule has 1 fully saturated rings. The summed E-state index contributed by atoms with van der Waals surface area (Å²) < 4.78 is 22.7. The highest BCUT2D eigenvalue weighted by atomic mass is 16.6. The molecule has 10 heteroatoms. The highest BCUT2D eigenvalue weighted by Crippen LogP contribution is 2.65. The predicted molar refractivity (Wildman–Crippen MR) is 139 cm³/mol. The molecule has 0 unspecified atom stereocenters. The summed E-state index contributed by atoms with van der Waals surface area (Å²) in [7, 11) is 1.99. The summed E-state index contributed by atoms with van der Waals surface area (Å²) in [5.74, 6) is -1.99. The number of ether oxygens (including phenoxy) is 4. The molecule has 210 valence electrons. The maximum atomic E-state index is 13.7. The van der Waals surface area contributed by atoms with Crippen molar-refractivity contribution in [1.29, 1.82) is 0 Å². The largest absolute Gasteiger partial charge is 0.504 e. The van der Waals surface area contributed by atoms with Crippen LogP contribution in [0.1, 0.15) is 49.5 Å². The monoisotopic (exact) mass is 549 g/mol. The maximum Gasteiger partial charge on any atom is 0.357 e. The lowest BCUT2D eigenvalue weighted by Gasteiger charge is -2.61. The lowest BCUT2D eigenvalue weighted by molar-refractivity contribution is -0.181. The minimum Gasteiger partial charge on any atom is -0.504 e. The number of hydrogen-bond donors (Lipinski definition) is 2. The highest BCUT2D eigenvalue weighted by Gasteiger charge is 2.72. The van der Waals surface area contributed by atoms with Crippen molar-refractivity contribution in [3.8, 4) is 11.5 Å². The number of rotatable bonds is 6. The Bertz CT molecular complexity index is 1420. The number of esters is 3. The first-order valence-corrected chi connectivity index (χ1v) is 13.4. The van der Waals surface area contributed by atoms with E-state index in [1.54, 1.807) is 42.5 Å². The number of benzene rings is 2. The van der Waals surface area contributed by atoms with Crippen LogP contribution in [0.2, 0.25) is 0 Å². The number of aliphatic hydroxyl groups is 1. The number of carbonyl (C=O) groups excluding carboxylic acids is 3. The van der Waals surface area contributed by atoms with Crippen LogP contribution in [0, 0.1) is 0 Å². The maximum absolute atomic E-state index is 13.7. The number of hydrogen-bond acceptors (Lipinski definition) is 10. The number of carbonyl (C=O) groups is 3. The first-order valence-electron chi connectivity index (χ1n) is 13.4. The smallest absolute Gasteiger partial charge is 0.357 e. The quantitative estimate of drug-likeness (QED) is 0.409. The molecule has 2 heterocycles. The summed E-state index contributed by atoms with van der Waals surface area (Å²) in [6.45, 7) is 3.21. The molecule has 0 radical (unpaired) electrons. The van der Waals surface area contributed by atoms with E-state index in [1.807, 2.05) is 13.1 Å². The van der Waals surface area contributed by atoms with Crippen LogP contribution in [0.3, 0.4) is 0 Å². The third kappa shape index (κ3) is 3.73. The molecule has 40 heavy (non-hydrogen) atoms. The lowest BCUT2D eigenvalue weighted by Crippen LogP contribution is -2.74. The van der Waals surface area contributed by atoms with E-state index in [2.05, 4.69) is 4.90 Å². The second-order valence-electron chi connectivity index (χ2n) is 11.0. The second kappa shape index (κ2) is 9.35. The molecule has 6 rings (SSSR count). The molecule has 6 atom stereocenters. The molecule has 0 aromatic heterocycles. The van der Waals surface area contributed by atoms with E-state index in [9.17, 15) is 24.6 Å². The topological polar surface area (TPSA) is 132 Å². The fourth-order valence-electron chi connectivity index (χ4n) is 7.00. The first-order chi connectivity index (χ1) is 19.1. The summed E-state index contributed by atoms with van der Waals surface area (Å²) >= 11 is 0. The lowest BCUT2D eigenvalue weighted by atomic mass is 9.50. The average Bonchev–Trinajstić information content (AvgIpc) is 3.28. The van der Waals surface area contributed by atoms with Gasteiger partial charge in [-0.25, -0.2) is 9.59 Å². The Labute approximate surface area is 231 Å². The SMILES string of the molecule is CC(=O)O[C@@H](C)C(=O)O[C@H](C(=O)OC1=CC[C@@]2(O)[C@H]3Cc4ccc(O)c5c4[C@@]2(CCN3C)[C@H]1O5)c1ccccc1. The molecule has 2 aliphatic carbocycles. The van der Waals surface area contributed by atoms with Gasteiger partial charge >= 0.3 is 17.9 Å². The van der Waals surface area contributed by atoms with Crippen molar-refractivity contribution in [2.75, 3.05) is 13.6 Å². The van der Waals surface area contributed by atoms with Crippen molar-refractivity contribution in [1.82, 2.24) is 4.90 Å². The molecule has 2 aliphatic heterocycles. The van der Waals surface area contributed by atoms with E-state index in [1.165, 1.54) is 13.8 Å². The van der Waals surface area contributed by atoms with Gasteiger partial charge in [0.1, 0.15) is 5.76 Å². The van der Waals surface area contributed by atoms with Gasteiger partial charge in [0, 0.05) is 30.5 Å². The van der Waals surface area contributed by atoms with E-state index < -0.39 is 47.2 Å². The third-order valence-electron chi connectivity index (χ3n) is 8.80. The molecule has 2 bridgehead atoms. The van der Waals surface area contributed by atoms with Crippen molar-refractivity contribution in [2.24, 2.45) is 0 Å². The van der Waals surface area contributed by atoms with Crippen molar-refractivity contribution in [3.05, 3.63) is 71.0 Å². The number of phenols is 1. The number of nitrogens with zero attached hydrogens (tertiary/aromatic N) is 1. The standard InChI is InChI=1S/C30H31NO9/c1-16(37-17(2)32)27(34)40-24(18-7-5-4-6-8-18)28(35)38-21-11-12-30(36)22-15-19-9-10-20(33)25-23(19)29(30,26(21)39-25)13-14-31(22)3/h4-11,16,22,24,26,33,36H,12-15H2,1-3H3/t16-,22+,24-,26-,29-,30+/m0/s1. The Morgan fingerprint density at radius 3 is 2.58 bits per heavy atom. The van der Waals surface area contributed by atoms with Crippen LogP contribution in [0.15, 0.2) is 54.3 Å². The Hall–Kier alpha value is -3.89. The van der Waals surface area contributed by atoms with Crippen LogP contribution in [-0.2, 0) is 40.4 Å². The van der Waals surface area contributed by atoms with Gasteiger partial charge in [0.05, 0.1) is 11.0 Å². The second-order valence-corrected chi connectivity index (χ2v) is 11.0. The minimum absolute atomic E-state index is 0.0384. The summed E-state index contributed by atoms with van der Waals surface area (Å²) in [5.41, 5.74) is -0.0162. The zero-order valence-electron chi connectivity index (χ0n) is 22.5.